The van der Waals surface area contributed by atoms with Crippen LogP contribution >= 0.6 is 11.3 Å². The molecule has 1 aliphatic rings. The Kier molecular flexibility index (Phi) is 5.22. The van der Waals surface area contributed by atoms with Gasteiger partial charge in [0.05, 0.1) is 5.69 Å². The number of rotatable bonds is 6. The van der Waals surface area contributed by atoms with Gasteiger partial charge in [0.25, 0.3) is 0 Å². The van der Waals surface area contributed by atoms with Crippen molar-refractivity contribution in [1.29, 1.82) is 0 Å². The van der Waals surface area contributed by atoms with Crippen LogP contribution in [-0.4, -0.2) is 24.1 Å². The number of hydrogen-bond acceptors (Lipinski definition) is 4. The molecule has 0 radical (unpaired) electrons. The lowest BCUT2D eigenvalue weighted by atomic mass is 10.0. The molecule has 19 heavy (non-hydrogen) atoms. The van der Waals surface area contributed by atoms with Crippen molar-refractivity contribution >= 4 is 16.5 Å². The molecule has 1 aromatic rings. The Bertz CT molecular complexity index is 386. The van der Waals surface area contributed by atoms with E-state index >= 15 is 0 Å². The van der Waals surface area contributed by atoms with Crippen molar-refractivity contribution in [1.82, 2.24) is 10.3 Å². The average Bonchev–Trinajstić information content (AvgIpc) is 2.95. The molecule has 1 N–H and O–H groups in total. The number of nitrogens with one attached hydrogen (secondary N) is 1. The number of aromatic nitrogens is 1. The van der Waals surface area contributed by atoms with Gasteiger partial charge in [-0.1, -0.05) is 27.7 Å². The molecule has 2 rings (SSSR count). The van der Waals surface area contributed by atoms with Crippen molar-refractivity contribution < 1.29 is 0 Å². The standard InChI is InChI=1S/C15H27N3S/c1-11(2)8-16-9-13-10-19-15(17-13)18-7-5-6-14(18)12(3)4/h10-12,14,16H,5-9H2,1-4H3. The molecule has 4 heteroatoms. The lowest BCUT2D eigenvalue weighted by molar-refractivity contribution is 0.491. The Labute approximate surface area is 121 Å². The monoisotopic (exact) mass is 281 g/mol. The topological polar surface area (TPSA) is 28.2 Å². The molecule has 0 aliphatic carbocycles. The Hall–Kier alpha value is -0.610. The summed E-state index contributed by atoms with van der Waals surface area (Å²) in [5.74, 6) is 1.41. The van der Waals surface area contributed by atoms with Gasteiger partial charge in [0.1, 0.15) is 0 Å². The van der Waals surface area contributed by atoms with Crippen molar-refractivity contribution in [2.45, 2.75) is 53.1 Å². The summed E-state index contributed by atoms with van der Waals surface area (Å²) in [6.45, 7) is 12.2. The second-order valence-electron chi connectivity index (χ2n) is 6.29. The second-order valence-corrected chi connectivity index (χ2v) is 7.13. The first-order valence-electron chi connectivity index (χ1n) is 7.49. The molecular weight excluding hydrogens is 254 g/mol. The SMILES string of the molecule is CC(C)CNCc1csc(N2CCCC2C(C)C)n1. The van der Waals surface area contributed by atoms with Crippen LogP contribution in [0.1, 0.15) is 46.2 Å². The third-order valence-corrected chi connectivity index (χ3v) is 4.64. The molecule has 1 unspecified atom stereocenters. The minimum absolute atomic E-state index is 0.683. The summed E-state index contributed by atoms with van der Waals surface area (Å²) in [7, 11) is 0. The van der Waals surface area contributed by atoms with Crippen LogP contribution in [0.4, 0.5) is 5.13 Å². The summed E-state index contributed by atoms with van der Waals surface area (Å²) in [4.78, 5) is 7.32. The minimum atomic E-state index is 0.683. The van der Waals surface area contributed by atoms with Crippen LogP contribution in [0.15, 0.2) is 5.38 Å². The fourth-order valence-corrected chi connectivity index (χ4v) is 3.63. The Morgan fingerprint density at radius 2 is 2.21 bits per heavy atom. The first-order valence-corrected chi connectivity index (χ1v) is 8.37. The first-order chi connectivity index (χ1) is 9.08. The summed E-state index contributed by atoms with van der Waals surface area (Å²) < 4.78 is 0. The van der Waals surface area contributed by atoms with Crippen LogP contribution in [0.25, 0.3) is 0 Å². The molecule has 0 bridgehead atoms. The van der Waals surface area contributed by atoms with Gasteiger partial charge in [0.15, 0.2) is 5.13 Å². The Morgan fingerprint density at radius 3 is 2.89 bits per heavy atom. The largest absolute Gasteiger partial charge is 0.345 e. The maximum atomic E-state index is 4.80. The molecule has 0 saturated carbocycles. The van der Waals surface area contributed by atoms with Gasteiger partial charge in [-0.05, 0) is 31.2 Å². The molecule has 1 saturated heterocycles. The summed E-state index contributed by atoms with van der Waals surface area (Å²) in [5.41, 5.74) is 1.19. The third kappa shape index (κ3) is 3.93. The minimum Gasteiger partial charge on any atom is -0.345 e. The highest BCUT2D eigenvalue weighted by molar-refractivity contribution is 7.13. The van der Waals surface area contributed by atoms with E-state index in [-0.39, 0.29) is 0 Å². The number of anilines is 1. The van der Waals surface area contributed by atoms with E-state index in [9.17, 15) is 0 Å². The third-order valence-electron chi connectivity index (χ3n) is 3.71. The summed E-state index contributed by atoms with van der Waals surface area (Å²) in [5, 5.41) is 6.89. The van der Waals surface area contributed by atoms with Crippen LogP contribution in [0.3, 0.4) is 0 Å². The lowest BCUT2D eigenvalue weighted by Gasteiger charge is -2.27. The van der Waals surface area contributed by atoms with Crippen LogP contribution in [0.2, 0.25) is 0 Å². The van der Waals surface area contributed by atoms with Gasteiger partial charge in [0.2, 0.25) is 0 Å². The van der Waals surface area contributed by atoms with Crippen LogP contribution in [-0.2, 0) is 6.54 Å². The van der Waals surface area contributed by atoms with E-state index in [1.807, 2.05) is 0 Å². The van der Waals surface area contributed by atoms with Crippen molar-refractivity contribution in [2.24, 2.45) is 11.8 Å². The van der Waals surface area contributed by atoms with E-state index < -0.39 is 0 Å². The maximum Gasteiger partial charge on any atom is 0.185 e. The molecule has 0 amide bonds. The fraction of sp³-hybridized carbons (Fsp3) is 0.800. The van der Waals surface area contributed by atoms with Gasteiger partial charge in [0, 0.05) is 24.5 Å². The maximum absolute atomic E-state index is 4.80. The molecule has 0 aromatic carbocycles. The predicted octanol–water partition coefficient (Wildman–Crippen LogP) is 3.51. The van der Waals surface area contributed by atoms with E-state index in [1.165, 1.54) is 30.2 Å². The van der Waals surface area contributed by atoms with Crippen LogP contribution < -0.4 is 10.2 Å². The van der Waals surface area contributed by atoms with E-state index in [0.29, 0.717) is 17.9 Å². The normalized spacial score (nSPS) is 19.9. The van der Waals surface area contributed by atoms with E-state index in [1.54, 1.807) is 11.3 Å². The van der Waals surface area contributed by atoms with Gasteiger partial charge in [-0.3, -0.25) is 0 Å². The summed E-state index contributed by atoms with van der Waals surface area (Å²) >= 11 is 1.80. The zero-order valence-electron chi connectivity index (χ0n) is 12.6. The van der Waals surface area contributed by atoms with Crippen molar-refractivity contribution in [2.75, 3.05) is 18.0 Å². The Balaban J connectivity index is 1.93. The van der Waals surface area contributed by atoms with E-state index in [2.05, 4.69) is 43.3 Å². The highest BCUT2D eigenvalue weighted by Gasteiger charge is 2.28. The fourth-order valence-electron chi connectivity index (χ4n) is 2.72. The zero-order valence-corrected chi connectivity index (χ0v) is 13.5. The van der Waals surface area contributed by atoms with Crippen molar-refractivity contribution in [3.8, 4) is 0 Å². The number of thiazole rings is 1. The predicted molar refractivity (Wildman–Crippen MR) is 83.9 cm³/mol. The van der Waals surface area contributed by atoms with Gasteiger partial charge in [-0.2, -0.15) is 0 Å². The van der Waals surface area contributed by atoms with Gasteiger partial charge in [-0.25, -0.2) is 4.98 Å². The Morgan fingerprint density at radius 1 is 1.42 bits per heavy atom. The molecule has 1 aromatic heterocycles. The molecule has 108 valence electrons. The van der Waals surface area contributed by atoms with E-state index in [0.717, 1.165) is 13.1 Å². The van der Waals surface area contributed by atoms with Gasteiger partial charge in [-0.15, -0.1) is 11.3 Å². The molecule has 1 atom stereocenters. The molecular formula is C15H27N3S. The zero-order chi connectivity index (χ0) is 13.8. The number of nitrogens with zero attached hydrogens (tertiary/aromatic N) is 2. The first kappa shape index (κ1) is 14.8. The summed E-state index contributed by atoms with van der Waals surface area (Å²) in [6, 6.07) is 0.683. The highest BCUT2D eigenvalue weighted by Crippen LogP contribution is 2.31. The second kappa shape index (κ2) is 6.71. The van der Waals surface area contributed by atoms with E-state index in [4.69, 9.17) is 4.98 Å². The molecule has 0 spiro atoms. The number of hydrogen-bond donors (Lipinski definition) is 1. The highest BCUT2D eigenvalue weighted by atomic mass is 32.1. The smallest absolute Gasteiger partial charge is 0.185 e. The molecule has 1 fully saturated rings. The summed E-state index contributed by atoms with van der Waals surface area (Å²) in [6.07, 6.45) is 2.63. The van der Waals surface area contributed by atoms with Crippen molar-refractivity contribution in [3.05, 3.63) is 11.1 Å². The average molecular weight is 281 g/mol. The molecule has 3 nitrogen and oxygen atoms in total. The van der Waals surface area contributed by atoms with Gasteiger partial charge >= 0.3 is 0 Å². The van der Waals surface area contributed by atoms with Crippen LogP contribution in [0.5, 0.6) is 0 Å². The molecule has 1 aliphatic heterocycles. The van der Waals surface area contributed by atoms with Crippen molar-refractivity contribution in [3.63, 3.8) is 0 Å². The van der Waals surface area contributed by atoms with Gasteiger partial charge < -0.3 is 10.2 Å². The lowest BCUT2D eigenvalue weighted by Crippen LogP contribution is -2.33. The molecule has 2 heterocycles. The van der Waals surface area contributed by atoms with Crippen LogP contribution in [0, 0.1) is 11.8 Å². The quantitative estimate of drug-likeness (QED) is 0.865.